The average molecular weight is 309 g/mol. The predicted molar refractivity (Wildman–Crippen MR) is 86.9 cm³/mol. The highest BCUT2D eigenvalue weighted by Gasteiger charge is 2.13. The molecule has 0 aliphatic rings. The van der Waals surface area contributed by atoms with Crippen molar-refractivity contribution in [2.75, 3.05) is 6.61 Å². The molecular weight excluding hydrogens is 286 g/mol. The van der Waals surface area contributed by atoms with E-state index in [4.69, 9.17) is 0 Å². The Kier molecular flexibility index (Phi) is 5.13. The molecule has 0 aliphatic heterocycles. The summed E-state index contributed by atoms with van der Waals surface area (Å²) in [4.78, 5) is 21.4. The van der Waals surface area contributed by atoms with Gasteiger partial charge in [0.15, 0.2) is 0 Å². The second-order valence-corrected chi connectivity index (χ2v) is 7.07. The molecule has 116 valence electrons. The third-order valence-corrected chi connectivity index (χ3v) is 4.72. The Hall–Kier alpha value is -1.24. The van der Waals surface area contributed by atoms with Gasteiger partial charge in [0.05, 0.1) is 18.5 Å². The van der Waals surface area contributed by atoms with E-state index in [0.29, 0.717) is 23.7 Å². The van der Waals surface area contributed by atoms with E-state index >= 15 is 0 Å². The Morgan fingerprint density at radius 3 is 2.71 bits per heavy atom. The maximum Gasteiger partial charge on any atom is 0.259 e. The van der Waals surface area contributed by atoms with Crippen molar-refractivity contribution in [1.82, 2.24) is 15.3 Å². The number of aromatic amines is 1. The molecule has 0 aromatic carbocycles. The number of aryl methyl sites for hydroxylation is 2. The molecule has 0 saturated carbocycles. The number of nitrogens with one attached hydrogen (secondary N) is 2. The lowest BCUT2D eigenvalue weighted by molar-refractivity contribution is 0.223. The number of hydrogen-bond donors (Lipinski definition) is 3. The monoisotopic (exact) mass is 309 g/mol. The van der Waals surface area contributed by atoms with Gasteiger partial charge in [-0.3, -0.25) is 4.79 Å². The third kappa shape index (κ3) is 3.70. The van der Waals surface area contributed by atoms with Crippen molar-refractivity contribution in [2.45, 2.75) is 46.7 Å². The van der Waals surface area contributed by atoms with Crippen LogP contribution in [0, 0.1) is 19.8 Å². The zero-order valence-electron chi connectivity index (χ0n) is 13.0. The van der Waals surface area contributed by atoms with E-state index in [2.05, 4.69) is 29.1 Å². The molecule has 0 fully saturated rings. The highest BCUT2D eigenvalue weighted by Crippen LogP contribution is 2.25. The van der Waals surface area contributed by atoms with Crippen LogP contribution >= 0.6 is 11.3 Å². The topological polar surface area (TPSA) is 78.0 Å². The van der Waals surface area contributed by atoms with E-state index in [-0.39, 0.29) is 18.2 Å². The summed E-state index contributed by atoms with van der Waals surface area (Å²) in [7, 11) is 0. The molecule has 2 aromatic heterocycles. The SMILES string of the molecule is Cc1sc2nc(CNC(CO)CC(C)C)[nH]c(=O)c2c1C. The van der Waals surface area contributed by atoms with Crippen LogP contribution in [0.5, 0.6) is 0 Å². The first-order valence-corrected chi connectivity index (χ1v) is 8.07. The largest absolute Gasteiger partial charge is 0.395 e. The molecule has 21 heavy (non-hydrogen) atoms. The van der Waals surface area contributed by atoms with E-state index in [0.717, 1.165) is 21.7 Å². The van der Waals surface area contributed by atoms with Crippen molar-refractivity contribution in [3.8, 4) is 0 Å². The molecule has 2 aromatic rings. The van der Waals surface area contributed by atoms with Crippen LogP contribution in [0.2, 0.25) is 0 Å². The Balaban J connectivity index is 2.18. The minimum atomic E-state index is -0.0805. The standard InChI is InChI=1S/C15H23N3O2S/c1-8(2)5-11(7-19)16-6-12-17-14(20)13-9(3)10(4)21-15(13)18-12/h8,11,16,19H,5-7H2,1-4H3,(H,17,18,20). The van der Waals surface area contributed by atoms with Gasteiger partial charge < -0.3 is 15.4 Å². The molecule has 2 heterocycles. The van der Waals surface area contributed by atoms with Gasteiger partial charge in [-0.05, 0) is 31.7 Å². The third-order valence-electron chi connectivity index (χ3n) is 3.62. The maximum atomic E-state index is 12.2. The van der Waals surface area contributed by atoms with Gasteiger partial charge in [0.25, 0.3) is 5.56 Å². The van der Waals surface area contributed by atoms with Crippen molar-refractivity contribution in [3.05, 3.63) is 26.6 Å². The van der Waals surface area contributed by atoms with Crippen molar-refractivity contribution in [1.29, 1.82) is 0 Å². The van der Waals surface area contributed by atoms with E-state index in [9.17, 15) is 9.90 Å². The second-order valence-electron chi connectivity index (χ2n) is 5.87. The van der Waals surface area contributed by atoms with Crippen LogP contribution in [0.4, 0.5) is 0 Å². The van der Waals surface area contributed by atoms with Gasteiger partial charge in [0.2, 0.25) is 0 Å². The molecule has 5 nitrogen and oxygen atoms in total. The van der Waals surface area contributed by atoms with Gasteiger partial charge in [-0.1, -0.05) is 13.8 Å². The summed E-state index contributed by atoms with van der Waals surface area (Å²) in [5, 5.41) is 13.3. The highest BCUT2D eigenvalue weighted by atomic mass is 32.1. The van der Waals surface area contributed by atoms with Gasteiger partial charge in [-0.2, -0.15) is 0 Å². The minimum Gasteiger partial charge on any atom is -0.395 e. The van der Waals surface area contributed by atoms with Crippen LogP contribution in [0.3, 0.4) is 0 Å². The first-order valence-electron chi connectivity index (χ1n) is 7.25. The van der Waals surface area contributed by atoms with Crippen molar-refractivity contribution < 1.29 is 5.11 Å². The normalized spacial score (nSPS) is 13.2. The molecule has 0 spiro atoms. The number of H-pyrrole nitrogens is 1. The van der Waals surface area contributed by atoms with Crippen LogP contribution in [0.15, 0.2) is 4.79 Å². The second kappa shape index (κ2) is 6.68. The Labute approximate surface area is 128 Å². The number of aromatic nitrogens is 2. The molecule has 0 bridgehead atoms. The summed E-state index contributed by atoms with van der Waals surface area (Å²) in [6.45, 7) is 8.74. The summed E-state index contributed by atoms with van der Waals surface area (Å²) in [6.07, 6.45) is 0.889. The molecule has 1 unspecified atom stereocenters. The number of fused-ring (bicyclic) bond motifs is 1. The molecule has 6 heteroatoms. The number of nitrogens with zero attached hydrogens (tertiary/aromatic N) is 1. The fourth-order valence-electron chi connectivity index (χ4n) is 2.42. The highest BCUT2D eigenvalue weighted by molar-refractivity contribution is 7.18. The maximum absolute atomic E-state index is 12.2. The molecule has 0 aliphatic carbocycles. The van der Waals surface area contributed by atoms with E-state index in [1.165, 1.54) is 0 Å². The van der Waals surface area contributed by atoms with Crippen molar-refractivity contribution in [3.63, 3.8) is 0 Å². The number of aliphatic hydroxyl groups excluding tert-OH is 1. The summed E-state index contributed by atoms with van der Waals surface area (Å²) in [5.41, 5.74) is 0.930. The minimum absolute atomic E-state index is 0.0257. The molecule has 0 amide bonds. The average Bonchev–Trinajstić information content (AvgIpc) is 2.70. The number of hydrogen-bond acceptors (Lipinski definition) is 5. The van der Waals surface area contributed by atoms with Gasteiger partial charge in [-0.25, -0.2) is 4.98 Å². The zero-order valence-corrected chi connectivity index (χ0v) is 13.8. The van der Waals surface area contributed by atoms with Crippen LogP contribution in [0.25, 0.3) is 10.2 Å². The lowest BCUT2D eigenvalue weighted by atomic mass is 10.0. The number of aliphatic hydroxyl groups is 1. The molecule has 0 radical (unpaired) electrons. The lowest BCUT2D eigenvalue weighted by Crippen LogP contribution is -2.34. The molecule has 1 atom stereocenters. The first-order chi connectivity index (χ1) is 9.92. The molecular formula is C15H23N3O2S. The lowest BCUT2D eigenvalue weighted by Gasteiger charge is -2.17. The fraction of sp³-hybridized carbons (Fsp3) is 0.600. The Morgan fingerprint density at radius 2 is 2.10 bits per heavy atom. The van der Waals surface area contributed by atoms with Crippen LogP contribution in [0.1, 0.15) is 36.5 Å². The smallest absolute Gasteiger partial charge is 0.259 e. The van der Waals surface area contributed by atoms with Gasteiger partial charge in [-0.15, -0.1) is 11.3 Å². The summed E-state index contributed by atoms with van der Waals surface area (Å²) >= 11 is 1.55. The van der Waals surface area contributed by atoms with E-state index in [1.54, 1.807) is 11.3 Å². The quantitative estimate of drug-likeness (QED) is 0.763. The fourth-order valence-corrected chi connectivity index (χ4v) is 3.46. The van der Waals surface area contributed by atoms with Crippen LogP contribution in [-0.4, -0.2) is 27.7 Å². The Morgan fingerprint density at radius 1 is 1.38 bits per heavy atom. The van der Waals surface area contributed by atoms with E-state index < -0.39 is 0 Å². The zero-order chi connectivity index (χ0) is 15.6. The van der Waals surface area contributed by atoms with Crippen molar-refractivity contribution in [2.24, 2.45) is 5.92 Å². The van der Waals surface area contributed by atoms with Gasteiger partial charge >= 0.3 is 0 Å². The molecule has 0 saturated heterocycles. The first kappa shape index (κ1) is 16.1. The van der Waals surface area contributed by atoms with Gasteiger partial charge in [0, 0.05) is 10.9 Å². The summed E-state index contributed by atoms with van der Waals surface area (Å²) in [5.74, 6) is 1.13. The Bertz CT molecular complexity index is 675. The number of thiophene rings is 1. The van der Waals surface area contributed by atoms with Crippen molar-refractivity contribution >= 4 is 21.6 Å². The summed E-state index contributed by atoms with van der Waals surface area (Å²) in [6, 6.07) is 0.0257. The number of rotatable bonds is 6. The summed E-state index contributed by atoms with van der Waals surface area (Å²) < 4.78 is 0. The predicted octanol–water partition coefficient (Wildman–Crippen LogP) is 2.10. The van der Waals surface area contributed by atoms with Gasteiger partial charge in [0.1, 0.15) is 10.7 Å². The van der Waals surface area contributed by atoms with E-state index in [1.807, 2.05) is 13.8 Å². The van der Waals surface area contributed by atoms with Crippen LogP contribution < -0.4 is 10.9 Å². The molecule has 3 N–H and O–H groups in total. The molecule has 2 rings (SSSR count). The van der Waals surface area contributed by atoms with Crippen LogP contribution in [-0.2, 0) is 6.54 Å².